The number of benzene rings is 1. The fourth-order valence-corrected chi connectivity index (χ4v) is 2.19. The summed E-state index contributed by atoms with van der Waals surface area (Å²) in [5.74, 6) is 1.09. The maximum Gasteiger partial charge on any atom is 0.0419 e. The zero-order chi connectivity index (χ0) is 9.68. The number of rotatable bonds is 4. The smallest absolute Gasteiger partial charge is 0.0419 e. The fourth-order valence-electron chi connectivity index (χ4n) is 1.18. The molecule has 72 valence electrons. The minimum Gasteiger partial charge on any atom is -0.329 e. The molecule has 1 atom stereocenters. The maximum absolute atomic E-state index is 5.80. The lowest BCUT2D eigenvalue weighted by Gasteiger charge is -2.13. The zero-order valence-electron chi connectivity index (χ0n) is 7.66. The quantitative estimate of drug-likeness (QED) is 0.836. The minimum absolute atomic E-state index is 0.405. The number of thioether (sulfide) groups is 1. The van der Waals surface area contributed by atoms with E-state index in [2.05, 4.69) is 6.92 Å². The third-order valence-corrected chi connectivity index (χ3v) is 3.28. The summed E-state index contributed by atoms with van der Waals surface area (Å²) >= 11 is 7.67. The average Bonchev–Trinajstić information content (AvgIpc) is 2.16. The molecule has 0 saturated carbocycles. The predicted molar refractivity (Wildman–Crippen MR) is 61.4 cm³/mol. The molecule has 1 aromatic carbocycles. The molecule has 0 bridgehead atoms. The van der Waals surface area contributed by atoms with Crippen molar-refractivity contribution in [2.75, 3.05) is 12.3 Å². The van der Waals surface area contributed by atoms with Gasteiger partial charge in [0, 0.05) is 16.8 Å². The monoisotopic (exact) mass is 215 g/mol. The van der Waals surface area contributed by atoms with Crippen molar-refractivity contribution < 1.29 is 0 Å². The van der Waals surface area contributed by atoms with E-state index in [4.69, 9.17) is 17.3 Å². The first kappa shape index (κ1) is 10.9. The molecule has 3 heteroatoms. The highest BCUT2D eigenvalue weighted by Crippen LogP contribution is 2.27. The molecule has 1 rings (SSSR count). The molecule has 1 aromatic rings. The van der Waals surface area contributed by atoms with Gasteiger partial charge in [-0.1, -0.05) is 30.7 Å². The molecule has 0 aliphatic heterocycles. The molecule has 0 aromatic heterocycles. The fraction of sp³-hybridized carbons (Fsp3) is 0.400. The van der Waals surface area contributed by atoms with Gasteiger partial charge < -0.3 is 5.73 Å². The van der Waals surface area contributed by atoms with Gasteiger partial charge in [0.1, 0.15) is 0 Å². The molecule has 0 aliphatic rings. The molecular formula is C10H14ClNS. The molecular weight excluding hydrogens is 202 g/mol. The van der Waals surface area contributed by atoms with E-state index in [-0.39, 0.29) is 0 Å². The van der Waals surface area contributed by atoms with Gasteiger partial charge in [0.15, 0.2) is 0 Å². The van der Waals surface area contributed by atoms with Crippen LogP contribution in [0.2, 0.25) is 5.02 Å². The summed E-state index contributed by atoms with van der Waals surface area (Å²) in [4.78, 5) is 0. The van der Waals surface area contributed by atoms with Gasteiger partial charge in [0.2, 0.25) is 0 Å². The van der Waals surface area contributed by atoms with Crippen LogP contribution < -0.4 is 5.73 Å². The highest BCUT2D eigenvalue weighted by molar-refractivity contribution is 7.99. The second kappa shape index (κ2) is 5.53. The van der Waals surface area contributed by atoms with Crippen LogP contribution in [0, 0.1) is 0 Å². The van der Waals surface area contributed by atoms with Crippen molar-refractivity contribution in [3.05, 3.63) is 34.9 Å². The first-order chi connectivity index (χ1) is 6.27. The summed E-state index contributed by atoms with van der Waals surface area (Å²) in [5, 5.41) is 1.18. The highest BCUT2D eigenvalue weighted by Gasteiger charge is 2.07. The van der Waals surface area contributed by atoms with Crippen LogP contribution >= 0.6 is 23.4 Å². The van der Waals surface area contributed by atoms with E-state index in [1.54, 1.807) is 0 Å². The molecule has 0 saturated heterocycles. The molecule has 0 aliphatic carbocycles. The number of hydrogen-bond donors (Lipinski definition) is 1. The van der Waals surface area contributed by atoms with Crippen molar-refractivity contribution in [1.29, 1.82) is 0 Å². The normalized spacial score (nSPS) is 12.8. The van der Waals surface area contributed by atoms with Crippen LogP contribution in [0.1, 0.15) is 17.7 Å². The second-order valence-corrected chi connectivity index (χ2v) is 4.65. The minimum atomic E-state index is 0.405. The summed E-state index contributed by atoms with van der Waals surface area (Å²) in [6, 6.07) is 7.91. The van der Waals surface area contributed by atoms with Crippen molar-refractivity contribution in [3.8, 4) is 0 Å². The van der Waals surface area contributed by atoms with Crippen molar-refractivity contribution in [3.63, 3.8) is 0 Å². The van der Waals surface area contributed by atoms with E-state index in [0.29, 0.717) is 11.8 Å². The van der Waals surface area contributed by atoms with Gasteiger partial charge >= 0.3 is 0 Å². The third-order valence-electron chi connectivity index (χ3n) is 1.82. The Morgan fingerprint density at radius 1 is 1.38 bits per heavy atom. The third kappa shape index (κ3) is 3.22. The molecule has 0 radical (unpaired) electrons. The van der Waals surface area contributed by atoms with Gasteiger partial charge in [0.25, 0.3) is 0 Å². The van der Waals surface area contributed by atoms with Crippen molar-refractivity contribution >= 4 is 23.4 Å². The molecule has 0 fully saturated rings. The van der Waals surface area contributed by atoms with Gasteiger partial charge in [-0.25, -0.2) is 0 Å². The lowest BCUT2D eigenvalue weighted by atomic mass is 10.1. The SMILES string of the molecule is CCSC(CN)c1ccc(Cl)cc1. The Balaban J connectivity index is 2.73. The van der Waals surface area contributed by atoms with Gasteiger partial charge in [-0.2, -0.15) is 11.8 Å². The first-order valence-corrected chi connectivity index (χ1v) is 5.77. The van der Waals surface area contributed by atoms with Gasteiger partial charge in [-0.05, 0) is 23.4 Å². The summed E-state index contributed by atoms with van der Waals surface area (Å²) in [6.45, 7) is 2.82. The molecule has 0 spiro atoms. The number of hydrogen-bond acceptors (Lipinski definition) is 2. The molecule has 2 N–H and O–H groups in total. The standard InChI is InChI=1S/C10H14ClNS/c1-2-13-10(7-12)8-3-5-9(11)6-4-8/h3-6,10H,2,7,12H2,1H3. The first-order valence-electron chi connectivity index (χ1n) is 4.35. The van der Waals surface area contributed by atoms with Crippen molar-refractivity contribution in [1.82, 2.24) is 0 Å². The van der Waals surface area contributed by atoms with E-state index >= 15 is 0 Å². The van der Waals surface area contributed by atoms with Crippen LogP contribution in [0.15, 0.2) is 24.3 Å². The Morgan fingerprint density at radius 2 is 2.00 bits per heavy atom. The molecule has 13 heavy (non-hydrogen) atoms. The summed E-state index contributed by atoms with van der Waals surface area (Å²) in [7, 11) is 0. The molecule has 1 unspecified atom stereocenters. The van der Waals surface area contributed by atoms with Crippen LogP contribution in [0.3, 0.4) is 0 Å². The van der Waals surface area contributed by atoms with Crippen LogP contribution in [-0.4, -0.2) is 12.3 Å². The van der Waals surface area contributed by atoms with Gasteiger partial charge in [0.05, 0.1) is 0 Å². The Morgan fingerprint density at radius 3 is 2.46 bits per heavy atom. The number of halogens is 1. The van der Waals surface area contributed by atoms with Crippen LogP contribution in [0.5, 0.6) is 0 Å². The summed E-state index contributed by atoms with van der Waals surface area (Å²) in [6.07, 6.45) is 0. The van der Waals surface area contributed by atoms with E-state index in [9.17, 15) is 0 Å². The van der Waals surface area contributed by atoms with E-state index in [1.165, 1.54) is 5.56 Å². The zero-order valence-corrected chi connectivity index (χ0v) is 9.24. The van der Waals surface area contributed by atoms with Crippen LogP contribution in [0.25, 0.3) is 0 Å². The predicted octanol–water partition coefficient (Wildman–Crippen LogP) is 3.09. The van der Waals surface area contributed by atoms with Crippen LogP contribution in [0.4, 0.5) is 0 Å². The average molecular weight is 216 g/mol. The Bertz CT molecular complexity index is 248. The molecule has 1 nitrogen and oxygen atoms in total. The highest BCUT2D eigenvalue weighted by atomic mass is 35.5. The van der Waals surface area contributed by atoms with Gasteiger partial charge in [-0.3, -0.25) is 0 Å². The lowest BCUT2D eigenvalue weighted by molar-refractivity contribution is 0.942. The largest absolute Gasteiger partial charge is 0.329 e. The molecule has 0 heterocycles. The van der Waals surface area contributed by atoms with E-state index in [1.807, 2.05) is 36.0 Å². The van der Waals surface area contributed by atoms with Crippen molar-refractivity contribution in [2.24, 2.45) is 5.73 Å². The molecule has 0 amide bonds. The maximum atomic E-state index is 5.80. The second-order valence-electron chi connectivity index (χ2n) is 2.73. The Labute approximate surface area is 88.7 Å². The number of nitrogens with two attached hydrogens (primary N) is 1. The Hall–Kier alpha value is -0.180. The van der Waals surface area contributed by atoms with Gasteiger partial charge in [-0.15, -0.1) is 0 Å². The lowest BCUT2D eigenvalue weighted by Crippen LogP contribution is -2.09. The van der Waals surface area contributed by atoms with E-state index < -0.39 is 0 Å². The van der Waals surface area contributed by atoms with E-state index in [0.717, 1.165) is 10.8 Å². The summed E-state index contributed by atoms with van der Waals surface area (Å²) < 4.78 is 0. The Kier molecular flexibility index (Phi) is 4.64. The van der Waals surface area contributed by atoms with Crippen molar-refractivity contribution in [2.45, 2.75) is 12.2 Å². The summed E-state index contributed by atoms with van der Waals surface area (Å²) in [5.41, 5.74) is 6.94. The van der Waals surface area contributed by atoms with Crippen LogP contribution in [-0.2, 0) is 0 Å². The topological polar surface area (TPSA) is 26.0 Å².